The van der Waals surface area contributed by atoms with Crippen LogP contribution in [0, 0.1) is 5.92 Å². The Morgan fingerprint density at radius 2 is 1.91 bits per heavy atom. The molecule has 0 radical (unpaired) electrons. The van der Waals surface area contributed by atoms with Crippen molar-refractivity contribution in [3.8, 4) is 5.75 Å². The first-order valence-electron chi connectivity index (χ1n) is 8.13. The van der Waals surface area contributed by atoms with Crippen LogP contribution in [0.15, 0.2) is 42.5 Å². The van der Waals surface area contributed by atoms with Crippen LogP contribution in [0.3, 0.4) is 0 Å². The van der Waals surface area contributed by atoms with Crippen LogP contribution in [0.25, 0.3) is 10.8 Å². The summed E-state index contributed by atoms with van der Waals surface area (Å²) >= 11 is 0. The molecule has 1 aliphatic carbocycles. The zero-order valence-electron chi connectivity index (χ0n) is 13.0. The van der Waals surface area contributed by atoms with Crippen molar-refractivity contribution in [1.82, 2.24) is 5.32 Å². The van der Waals surface area contributed by atoms with Crippen LogP contribution in [0.2, 0.25) is 0 Å². The fourth-order valence-corrected chi connectivity index (χ4v) is 3.19. The Bertz CT molecular complexity index is 653. The number of ether oxygens (including phenoxy) is 1. The number of fused-ring (bicyclic) bond motifs is 1. The fourth-order valence-electron chi connectivity index (χ4n) is 3.19. The molecular formula is C19H23NO2. The van der Waals surface area contributed by atoms with Crippen LogP contribution in [0.5, 0.6) is 5.75 Å². The molecule has 1 saturated carbocycles. The highest BCUT2D eigenvalue weighted by Gasteiger charge is 2.22. The molecule has 1 fully saturated rings. The highest BCUT2D eigenvalue weighted by atomic mass is 16.5. The zero-order valence-corrected chi connectivity index (χ0v) is 13.0. The fraction of sp³-hybridized carbons (Fsp3) is 0.421. The van der Waals surface area contributed by atoms with Gasteiger partial charge in [-0.3, -0.25) is 4.79 Å². The van der Waals surface area contributed by atoms with Crippen LogP contribution >= 0.6 is 0 Å². The second-order valence-corrected chi connectivity index (χ2v) is 6.23. The second-order valence-electron chi connectivity index (χ2n) is 6.23. The number of amides is 1. The van der Waals surface area contributed by atoms with Crippen molar-refractivity contribution in [2.75, 3.05) is 6.61 Å². The standard InChI is InChI=1S/C19H23NO2/c1-14-6-2-5-9-18(14)20-19(21)13-22-17-11-10-15-7-3-4-8-16(15)12-17/h3-4,7-8,10-12,14,18H,2,5-6,9,13H2,1H3,(H,20,21)/t14-,18-/m1/s1. The molecule has 1 aliphatic rings. The molecule has 3 rings (SSSR count). The molecular weight excluding hydrogens is 274 g/mol. The number of carbonyl (C=O) groups is 1. The van der Waals surface area contributed by atoms with Gasteiger partial charge in [0.05, 0.1) is 0 Å². The Kier molecular flexibility index (Phi) is 4.62. The molecule has 116 valence electrons. The molecule has 3 nitrogen and oxygen atoms in total. The lowest BCUT2D eigenvalue weighted by Gasteiger charge is -2.29. The minimum Gasteiger partial charge on any atom is -0.484 e. The van der Waals surface area contributed by atoms with Gasteiger partial charge in [-0.15, -0.1) is 0 Å². The molecule has 2 aromatic carbocycles. The molecule has 3 heteroatoms. The van der Waals surface area contributed by atoms with E-state index < -0.39 is 0 Å². The van der Waals surface area contributed by atoms with Crippen LogP contribution < -0.4 is 10.1 Å². The monoisotopic (exact) mass is 297 g/mol. The summed E-state index contributed by atoms with van der Waals surface area (Å²) in [5.74, 6) is 1.29. The Balaban J connectivity index is 1.55. The highest BCUT2D eigenvalue weighted by molar-refractivity contribution is 5.84. The molecule has 0 spiro atoms. The van der Waals surface area contributed by atoms with E-state index in [0.29, 0.717) is 12.0 Å². The smallest absolute Gasteiger partial charge is 0.258 e. The van der Waals surface area contributed by atoms with Gasteiger partial charge in [0.1, 0.15) is 5.75 Å². The van der Waals surface area contributed by atoms with Crippen molar-refractivity contribution in [3.05, 3.63) is 42.5 Å². The van der Waals surface area contributed by atoms with Gasteiger partial charge in [0, 0.05) is 6.04 Å². The Labute approximate surface area is 131 Å². The van der Waals surface area contributed by atoms with E-state index in [-0.39, 0.29) is 12.5 Å². The maximum absolute atomic E-state index is 12.1. The van der Waals surface area contributed by atoms with Gasteiger partial charge in [0.2, 0.25) is 0 Å². The van der Waals surface area contributed by atoms with Crippen molar-refractivity contribution < 1.29 is 9.53 Å². The Morgan fingerprint density at radius 1 is 1.14 bits per heavy atom. The molecule has 0 saturated heterocycles. The summed E-state index contributed by atoms with van der Waals surface area (Å²) in [5.41, 5.74) is 0. The van der Waals surface area contributed by atoms with Crippen LogP contribution in [0.4, 0.5) is 0 Å². The molecule has 2 aromatic rings. The van der Waals surface area contributed by atoms with Gasteiger partial charge in [-0.1, -0.05) is 50.1 Å². The third kappa shape index (κ3) is 3.59. The third-order valence-corrected chi connectivity index (χ3v) is 4.55. The Morgan fingerprint density at radius 3 is 2.73 bits per heavy atom. The number of hydrogen-bond acceptors (Lipinski definition) is 2. The van der Waals surface area contributed by atoms with Crippen LogP contribution in [0.1, 0.15) is 32.6 Å². The number of nitrogens with one attached hydrogen (secondary N) is 1. The highest BCUT2D eigenvalue weighted by Crippen LogP contribution is 2.24. The van der Waals surface area contributed by atoms with Crippen LogP contribution in [-0.4, -0.2) is 18.6 Å². The zero-order chi connectivity index (χ0) is 15.4. The summed E-state index contributed by atoms with van der Waals surface area (Å²) in [7, 11) is 0. The van der Waals surface area contributed by atoms with Gasteiger partial charge in [-0.2, -0.15) is 0 Å². The SMILES string of the molecule is C[C@@H]1CCCC[C@H]1NC(=O)COc1ccc2ccccc2c1. The summed E-state index contributed by atoms with van der Waals surface area (Å²) < 4.78 is 5.64. The van der Waals surface area contributed by atoms with Gasteiger partial charge in [0.15, 0.2) is 6.61 Å². The molecule has 1 amide bonds. The van der Waals surface area contributed by atoms with E-state index in [0.717, 1.165) is 17.6 Å². The molecule has 0 unspecified atom stereocenters. The van der Waals surface area contributed by atoms with E-state index in [2.05, 4.69) is 18.3 Å². The van der Waals surface area contributed by atoms with E-state index in [1.807, 2.05) is 36.4 Å². The van der Waals surface area contributed by atoms with E-state index in [4.69, 9.17) is 4.74 Å². The van der Waals surface area contributed by atoms with Crippen molar-refractivity contribution in [1.29, 1.82) is 0 Å². The largest absolute Gasteiger partial charge is 0.484 e. The lowest BCUT2D eigenvalue weighted by Crippen LogP contribution is -2.43. The minimum absolute atomic E-state index is 0.0214. The molecule has 0 aromatic heterocycles. The van der Waals surface area contributed by atoms with E-state index in [1.165, 1.54) is 24.6 Å². The topological polar surface area (TPSA) is 38.3 Å². The number of hydrogen-bond donors (Lipinski definition) is 1. The molecule has 0 heterocycles. The summed E-state index contributed by atoms with van der Waals surface area (Å²) in [4.78, 5) is 12.1. The summed E-state index contributed by atoms with van der Waals surface area (Å²) in [6, 6.07) is 14.4. The second kappa shape index (κ2) is 6.82. The summed E-state index contributed by atoms with van der Waals surface area (Å²) in [6.07, 6.45) is 4.78. The molecule has 2 atom stereocenters. The lowest BCUT2D eigenvalue weighted by molar-refractivity contribution is -0.124. The molecule has 1 N–H and O–H groups in total. The number of carbonyl (C=O) groups excluding carboxylic acids is 1. The maximum Gasteiger partial charge on any atom is 0.258 e. The quantitative estimate of drug-likeness (QED) is 0.929. The predicted molar refractivity (Wildman–Crippen MR) is 89.0 cm³/mol. The lowest BCUT2D eigenvalue weighted by atomic mass is 9.86. The van der Waals surface area contributed by atoms with Crippen molar-refractivity contribution in [3.63, 3.8) is 0 Å². The third-order valence-electron chi connectivity index (χ3n) is 4.55. The molecule has 0 bridgehead atoms. The molecule has 0 aliphatic heterocycles. The van der Waals surface area contributed by atoms with Gasteiger partial charge in [0.25, 0.3) is 5.91 Å². The van der Waals surface area contributed by atoms with Crippen LogP contribution in [-0.2, 0) is 4.79 Å². The summed E-state index contributed by atoms with van der Waals surface area (Å²) in [6.45, 7) is 2.30. The van der Waals surface area contributed by atoms with Gasteiger partial charge >= 0.3 is 0 Å². The van der Waals surface area contributed by atoms with Gasteiger partial charge < -0.3 is 10.1 Å². The van der Waals surface area contributed by atoms with E-state index in [1.54, 1.807) is 0 Å². The van der Waals surface area contributed by atoms with E-state index >= 15 is 0 Å². The predicted octanol–water partition coefficient (Wildman–Crippen LogP) is 3.91. The summed E-state index contributed by atoms with van der Waals surface area (Å²) in [5, 5.41) is 5.41. The number of rotatable bonds is 4. The Hall–Kier alpha value is -2.03. The average molecular weight is 297 g/mol. The van der Waals surface area contributed by atoms with Crippen molar-refractivity contribution >= 4 is 16.7 Å². The van der Waals surface area contributed by atoms with E-state index in [9.17, 15) is 4.79 Å². The average Bonchev–Trinajstić information content (AvgIpc) is 2.55. The first kappa shape index (κ1) is 14.9. The minimum atomic E-state index is -0.0214. The van der Waals surface area contributed by atoms with Crippen molar-refractivity contribution in [2.45, 2.75) is 38.6 Å². The van der Waals surface area contributed by atoms with Crippen molar-refractivity contribution in [2.24, 2.45) is 5.92 Å². The van der Waals surface area contributed by atoms with Gasteiger partial charge in [-0.05, 0) is 41.7 Å². The number of benzene rings is 2. The normalized spacial score (nSPS) is 21.5. The first-order chi connectivity index (χ1) is 10.7. The maximum atomic E-state index is 12.1. The first-order valence-corrected chi connectivity index (χ1v) is 8.13. The molecule has 22 heavy (non-hydrogen) atoms. The van der Waals surface area contributed by atoms with Gasteiger partial charge in [-0.25, -0.2) is 0 Å².